The van der Waals surface area contributed by atoms with Gasteiger partial charge in [0.05, 0.1) is 17.9 Å². The van der Waals surface area contributed by atoms with Gasteiger partial charge >= 0.3 is 17.9 Å². The molecule has 1 heterocycles. The van der Waals surface area contributed by atoms with Gasteiger partial charge in [-0.15, -0.1) is 0 Å². The van der Waals surface area contributed by atoms with E-state index in [1.165, 1.54) is 13.8 Å². The number of fused-ring (bicyclic) bond motifs is 5. The molecule has 0 radical (unpaired) electrons. The number of carbonyl (C=O) groups excluding carboxylic acids is 4. The van der Waals surface area contributed by atoms with Gasteiger partial charge in [0.1, 0.15) is 18.5 Å². The molecule has 4 rings (SSSR count). The Bertz CT molecular complexity index is 804. The zero-order chi connectivity index (χ0) is 22.8. The van der Waals surface area contributed by atoms with Gasteiger partial charge in [-0.2, -0.15) is 0 Å². The third kappa shape index (κ3) is 3.13. The van der Waals surface area contributed by atoms with E-state index >= 15 is 0 Å². The van der Waals surface area contributed by atoms with Gasteiger partial charge in [0.25, 0.3) is 0 Å². The third-order valence-corrected chi connectivity index (χ3v) is 9.06. The summed E-state index contributed by atoms with van der Waals surface area (Å²) in [5.41, 5.74) is -1.43. The summed E-state index contributed by atoms with van der Waals surface area (Å²) in [5, 5.41) is 0. The number of ether oxygens (including phenoxy) is 3. The third-order valence-electron chi connectivity index (χ3n) is 9.06. The molecule has 0 aromatic heterocycles. The van der Waals surface area contributed by atoms with Gasteiger partial charge in [-0.1, -0.05) is 27.2 Å². The first kappa shape index (κ1) is 22.3. The molecule has 0 N–H and O–H groups in total. The lowest BCUT2D eigenvalue weighted by Gasteiger charge is -2.67. The summed E-state index contributed by atoms with van der Waals surface area (Å²) in [5.74, 6) is -2.33. The minimum atomic E-state index is -1.13. The van der Waals surface area contributed by atoms with Crippen LogP contribution in [0.5, 0.6) is 0 Å². The monoisotopic (exact) mass is 434 g/mol. The van der Waals surface area contributed by atoms with Crippen molar-refractivity contribution < 1.29 is 33.4 Å². The topological polar surface area (TPSA) is 96.0 Å². The molecule has 8 atom stereocenters. The van der Waals surface area contributed by atoms with Gasteiger partial charge in [-0.05, 0) is 42.4 Å². The number of aldehydes is 1. The molecule has 3 aliphatic carbocycles. The van der Waals surface area contributed by atoms with Crippen LogP contribution in [0.4, 0.5) is 0 Å². The molecule has 4 aliphatic rings. The quantitative estimate of drug-likeness (QED) is 0.383. The molecule has 7 nitrogen and oxygen atoms in total. The fourth-order valence-electron chi connectivity index (χ4n) is 8.15. The molecule has 172 valence electrons. The Balaban J connectivity index is 1.93. The van der Waals surface area contributed by atoms with Crippen LogP contribution in [0.2, 0.25) is 0 Å². The molecule has 31 heavy (non-hydrogen) atoms. The SMILES string of the molecule is CC(=O)O[C@H]1C[C@H]2C(=O)OC[C@H]2[C@@]2(C=O)C1[C@@]1(C)CCCC(C)(C)C1C[C@@H]2OC(C)=O. The number of hydrogen-bond donors (Lipinski definition) is 0. The lowest BCUT2D eigenvalue weighted by atomic mass is 9.37. The standard InChI is InChI=1S/C24H34O7/c1-13(26)30-17-9-15-16(11-29-21(15)28)24(12-25)19(31-14(2)27)10-18-22(3,4)7-6-8-23(18,5)20(17)24/h12,15-20H,6-11H2,1-5H3/t15-,16-,17+,18?,19+,20?,23+,24-/m1/s1. The Morgan fingerprint density at radius 3 is 2.35 bits per heavy atom. The van der Waals surface area contributed by atoms with Crippen molar-refractivity contribution in [3.05, 3.63) is 0 Å². The van der Waals surface area contributed by atoms with Gasteiger partial charge in [-0.3, -0.25) is 14.4 Å². The van der Waals surface area contributed by atoms with Crippen molar-refractivity contribution in [2.75, 3.05) is 6.61 Å². The van der Waals surface area contributed by atoms with E-state index in [4.69, 9.17) is 14.2 Å². The Kier molecular flexibility index (Phi) is 5.25. The van der Waals surface area contributed by atoms with Gasteiger partial charge in [-0.25, -0.2) is 0 Å². The largest absolute Gasteiger partial charge is 0.465 e. The summed E-state index contributed by atoms with van der Waals surface area (Å²) in [6.07, 6.45) is 3.49. The lowest BCUT2D eigenvalue weighted by molar-refractivity contribution is -0.252. The van der Waals surface area contributed by atoms with E-state index in [1.54, 1.807) is 0 Å². The number of cyclic esters (lactones) is 1. The van der Waals surface area contributed by atoms with Crippen molar-refractivity contribution in [2.45, 2.75) is 78.9 Å². The molecule has 4 fully saturated rings. The number of hydrogen-bond acceptors (Lipinski definition) is 7. The average Bonchev–Trinajstić information content (AvgIpc) is 3.02. The zero-order valence-corrected chi connectivity index (χ0v) is 19.1. The van der Waals surface area contributed by atoms with E-state index in [-0.39, 0.29) is 41.2 Å². The van der Waals surface area contributed by atoms with Gasteiger partial charge in [0.15, 0.2) is 0 Å². The summed E-state index contributed by atoms with van der Waals surface area (Å²) in [6.45, 7) is 9.53. The molecule has 1 saturated heterocycles. The lowest BCUT2D eigenvalue weighted by Crippen LogP contribution is -2.70. The van der Waals surface area contributed by atoms with Crippen LogP contribution in [0.25, 0.3) is 0 Å². The Morgan fingerprint density at radius 2 is 1.74 bits per heavy atom. The van der Waals surface area contributed by atoms with Crippen molar-refractivity contribution in [2.24, 2.45) is 39.9 Å². The molecular formula is C24H34O7. The van der Waals surface area contributed by atoms with E-state index in [2.05, 4.69) is 20.8 Å². The Labute approximate surface area is 183 Å². The van der Waals surface area contributed by atoms with Crippen molar-refractivity contribution in [1.29, 1.82) is 0 Å². The summed E-state index contributed by atoms with van der Waals surface area (Å²) < 4.78 is 17.1. The number of esters is 3. The predicted molar refractivity (Wildman–Crippen MR) is 109 cm³/mol. The first-order chi connectivity index (χ1) is 14.5. The van der Waals surface area contributed by atoms with Gasteiger partial charge < -0.3 is 19.0 Å². The molecule has 3 saturated carbocycles. The Morgan fingerprint density at radius 1 is 1.06 bits per heavy atom. The summed E-state index contributed by atoms with van der Waals surface area (Å²) in [7, 11) is 0. The van der Waals surface area contributed by atoms with Gasteiger partial charge in [0, 0.05) is 25.7 Å². The molecule has 0 bridgehead atoms. The molecule has 0 aromatic carbocycles. The Hall–Kier alpha value is -1.92. The average molecular weight is 435 g/mol. The minimum absolute atomic E-state index is 0.0138. The second kappa shape index (κ2) is 7.31. The maximum absolute atomic E-state index is 13.1. The highest BCUT2D eigenvalue weighted by Crippen LogP contribution is 2.70. The number of rotatable bonds is 3. The molecule has 7 heteroatoms. The van der Waals surface area contributed by atoms with Crippen LogP contribution in [0.1, 0.15) is 66.7 Å². The smallest absolute Gasteiger partial charge is 0.309 e. The molecular weight excluding hydrogens is 400 g/mol. The second-order valence-electron chi connectivity index (χ2n) is 11.1. The molecule has 1 aliphatic heterocycles. The highest BCUT2D eigenvalue weighted by molar-refractivity contribution is 5.78. The van der Waals surface area contributed by atoms with Gasteiger partial charge in [0.2, 0.25) is 0 Å². The maximum atomic E-state index is 13.1. The van der Waals surface area contributed by atoms with Crippen LogP contribution < -0.4 is 0 Å². The van der Waals surface area contributed by atoms with Crippen LogP contribution >= 0.6 is 0 Å². The van der Waals surface area contributed by atoms with E-state index in [0.29, 0.717) is 12.8 Å². The molecule has 2 unspecified atom stereocenters. The van der Waals surface area contributed by atoms with E-state index in [9.17, 15) is 19.2 Å². The van der Waals surface area contributed by atoms with Crippen molar-refractivity contribution in [3.8, 4) is 0 Å². The normalized spacial score (nSPS) is 45.4. The van der Waals surface area contributed by atoms with Crippen molar-refractivity contribution in [3.63, 3.8) is 0 Å². The first-order valence-corrected chi connectivity index (χ1v) is 11.4. The second-order valence-corrected chi connectivity index (χ2v) is 11.1. The van der Waals surface area contributed by atoms with Crippen LogP contribution in [-0.2, 0) is 33.4 Å². The molecule has 0 aromatic rings. The fraction of sp³-hybridized carbons (Fsp3) is 0.833. The highest BCUT2D eigenvalue weighted by atomic mass is 16.6. The number of carbonyl (C=O) groups is 4. The van der Waals surface area contributed by atoms with Crippen LogP contribution in [0, 0.1) is 39.9 Å². The van der Waals surface area contributed by atoms with Crippen LogP contribution in [0.15, 0.2) is 0 Å². The van der Waals surface area contributed by atoms with Crippen molar-refractivity contribution >= 4 is 24.2 Å². The van der Waals surface area contributed by atoms with Crippen LogP contribution in [-0.4, -0.2) is 43.0 Å². The zero-order valence-electron chi connectivity index (χ0n) is 19.1. The minimum Gasteiger partial charge on any atom is -0.465 e. The summed E-state index contributed by atoms with van der Waals surface area (Å²) >= 11 is 0. The van der Waals surface area contributed by atoms with Crippen LogP contribution in [0.3, 0.4) is 0 Å². The first-order valence-electron chi connectivity index (χ1n) is 11.4. The van der Waals surface area contributed by atoms with E-state index in [1.807, 2.05) is 0 Å². The summed E-state index contributed by atoms with van der Waals surface area (Å²) in [6, 6.07) is 0. The molecule has 0 amide bonds. The van der Waals surface area contributed by atoms with Crippen molar-refractivity contribution in [1.82, 2.24) is 0 Å². The molecule has 0 spiro atoms. The summed E-state index contributed by atoms with van der Waals surface area (Å²) in [4.78, 5) is 49.9. The highest BCUT2D eigenvalue weighted by Gasteiger charge is 2.73. The maximum Gasteiger partial charge on any atom is 0.309 e. The fourth-order valence-corrected chi connectivity index (χ4v) is 8.15. The van der Waals surface area contributed by atoms with E-state index < -0.39 is 35.5 Å². The predicted octanol–water partition coefficient (Wildman–Crippen LogP) is 3.08. The van der Waals surface area contributed by atoms with E-state index in [0.717, 1.165) is 25.5 Å².